The molecular weight excluding hydrogens is 442 g/mol. The molecule has 2 amide bonds. The van der Waals surface area contributed by atoms with E-state index in [4.69, 9.17) is 4.74 Å². The van der Waals surface area contributed by atoms with Gasteiger partial charge in [0.25, 0.3) is 11.8 Å². The van der Waals surface area contributed by atoms with Crippen molar-refractivity contribution in [2.45, 2.75) is 4.90 Å². The second-order valence-corrected chi connectivity index (χ2v) is 9.33. The van der Waals surface area contributed by atoms with Crippen molar-refractivity contribution >= 4 is 33.2 Å². The van der Waals surface area contributed by atoms with Crippen molar-refractivity contribution in [2.24, 2.45) is 0 Å². The molecule has 1 aliphatic rings. The molecule has 0 saturated carbocycles. The van der Waals surface area contributed by atoms with Crippen LogP contribution in [0.1, 0.15) is 20.7 Å². The Bertz CT molecular complexity index is 1220. The van der Waals surface area contributed by atoms with Crippen molar-refractivity contribution in [1.82, 2.24) is 4.31 Å². The summed E-state index contributed by atoms with van der Waals surface area (Å²) in [6.07, 6.45) is 0. The van der Waals surface area contributed by atoms with Gasteiger partial charge in [-0.3, -0.25) is 9.59 Å². The van der Waals surface area contributed by atoms with Gasteiger partial charge in [0.1, 0.15) is 0 Å². The number of amides is 2. The molecule has 170 valence electrons. The number of ether oxygens (including phenoxy) is 1. The summed E-state index contributed by atoms with van der Waals surface area (Å²) in [5, 5.41) is 5.53. The predicted octanol–water partition coefficient (Wildman–Crippen LogP) is 3.21. The van der Waals surface area contributed by atoms with Crippen molar-refractivity contribution in [3.05, 3.63) is 90.0 Å². The molecule has 33 heavy (non-hydrogen) atoms. The van der Waals surface area contributed by atoms with Crippen LogP contribution in [0.15, 0.2) is 83.8 Å². The topological polar surface area (TPSA) is 105 Å². The zero-order valence-corrected chi connectivity index (χ0v) is 18.5. The maximum absolute atomic E-state index is 12.7. The van der Waals surface area contributed by atoms with E-state index in [-0.39, 0.29) is 16.7 Å². The highest BCUT2D eigenvalue weighted by Crippen LogP contribution is 2.20. The molecule has 0 spiro atoms. The molecule has 0 aliphatic carbocycles. The number of hydrogen-bond donors (Lipinski definition) is 2. The number of carbonyl (C=O) groups is 2. The van der Waals surface area contributed by atoms with E-state index in [1.807, 2.05) is 6.07 Å². The van der Waals surface area contributed by atoms with Gasteiger partial charge >= 0.3 is 0 Å². The van der Waals surface area contributed by atoms with Gasteiger partial charge in [-0.15, -0.1) is 0 Å². The van der Waals surface area contributed by atoms with Crippen LogP contribution in [0.2, 0.25) is 0 Å². The summed E-state index contributed by atoms with van der Waals surface area (Å²) < 4.78 is 32.0. The summed E-state index contributed by atoms with van der Waals surface area (Å²) in [6, 6.07) is 21.4. The standard InChI is InChI=1S/C24H23N3O5S/c28-23(18-4-2-1-3-5-18)25-20-8-6-19(7-9-20)24(29)26-21-10-12-22(13-11-21)33(30,31)27-14-16-32-17-15-27/h1-13H,14-17H2,(H,25,28)(H,26,29). The Morgan fingerprint density at radius 2 is 1.18 bits per heavy atom. The Morgan fingerprint density at radius 3 is 1.73 bits per heavy atom. The third-order valence-electron chi connectivity index (χ3n) is 5.16. The second kappa shape index (κ2) is 9.95. The van der Waals surface area contributed by atoms with Crippen LogP contribution in [0.3, 0.4) is 0 Å². The maximum atomic E-state index is 12.7. The fraction of sp³-hybridized carbons (Fsp3) is 0.167. The van der Waals surface area contributed by atoms with Crippen LogP contribution < -0.4 is 10.6 Å². The van der Waals surface area contributed by atoms with Crippen LogP contribution in [-0.2, 0) is 14.8 Å². The molecule has 1 heterocycles. The zero-order chi connectivity index (χ0) is 23.3. The van der Waals surface area contributed by atoms with E-state index >= 15 is 0 Å². The minimum atomic E-state index is -3.59. The summed E-state index contributed by atoms with van der Waals surface area (Å²) >= 11 is 0. The van der Waals surface area contributed by atoms with E-state index in [1.165, 1.54) is 16.4 Å². The smallest absolute Gasteiger partial charge is 0.255 e. The van der Waals surface area contributed by atoms with Gasteiger partial charge in [0.2, 0.25) is 10.0 Å². The molecule has 0 radical (unpaired) electrons. The molecule has 1 saturated heterocycles. The van der Waals surface area contributed by atoms with Crippen molar-refractivity contribution < 1.29 is 22.7 Å². The number of morpholine rings is 1. The first-order valence-electron chi connectivity index (χ1n) is 10.4. The minimum absolute atomic E-state index is 0.168. The predicted molar refractivity (Wildman–Crippen MR) is 125 cm³/mol. The average molecular weight is 466 g/mol. The number of benzene rings is 3. The summed E-state index contributed by atoms with van der Waals surface area (Å²) in [7, 11) is -3.59. The van der Waals surface area contributed by atoms with Gasteiger partial charge < -0.3 is 15.4 Å². The van der Waals surface area contributed by atoms with Gasteiger partial charge in [-0.05, 0) is 60.7 Å². The van der Waals surface area contributed by atoms with Gasteiger partial charge in [0.15, 0.2) is 0 Å². The molecule has 1 fully saturated rings. The maximum Gasteiger partial charge on any atom is 0.255 e. The van der Waals surface area contributed by atoms with Crippen LogP contribution in [0.5, 0.6) is 0 Å². The minimum Gasteiger partial charge on any atom is -0.379 e. The van der Waals surface area contributed by atoms with Crippen LogP contribution in [0.25, 0.3) is 0 Å². The Balaban J connectivity index is 1.37. The summed E-state index contributed by atoms with van der Waals surface area (Å²) in [6.45, 7) is 1.40. The van der Waals surface area contributed by atoms with Crippen molar-refractivity contribution in [3.8, 4) is 0 Å². The van der Waals surface area contributed by atoms with Crippen molar-refractivity contribution in [1.29, 1.82) is 0 Å². The molecule has 0 atom stereocenters. The van der Waals surface area contributed by atoms with E-state index in [2.05, 4.69) is 10.6 Å². The zero-order valence-electron chi connectivity index (χ0n) is 17.7. The van der Waals surface area contributed by atoms with Gasteiger partial charge in [-0.25, -0.2) is 8.42 Å². The number of nitrogens with zero attached hydrogens (tertiary/aromatic N) is 1. The molecule has 2 N–H and O–H groups in total. The molecule has 3 aromatic carbocycles. The summed E-state index contributed by atoms with van der Waals surface area (Å²) in [4.78, 5) is 25.0. The van der Waals surface area contributed by atoms with E-state index in [9.17, 15) is 18.0 Å². The van der Waals surface area contributed by atoms with E-state index in [1.54, 1.807) is 60.7 Å². The van der Waals surface area contributed by atoms with Gasteiger partial charge in [0.05, 0.1) is 18.1 Å². The number of sulfonamides is 1. The molecule has 0 bridgehead atoms. The lowest BCUT2D eigenvalue weighted by Crippen LogP contribution is -2.40. The lowest BCUT2D eigenvalue weighted by atomic mass is 10.1. The normalized spacial score (nSPS) is 14.4. The second-order valence-electron chi connectivity index (χ2n) is 7.39. The highest BCUT2D eigenvalue weighted by molar-refractivity contribution is 7.89. The Morgan fingerprint density at radius 1 is 0.697 bits per heavy atom. The first kappa shape index (κ1) is 22.7. The van der Waals surface area contributed by atoms with Crippen LogP contribution >= 0.6 is 0 Å². The molecule has 0 aromatic heterocycles. The fourth-order valence-corrected chi connectivity index (χ4v) is 4.76. The number of rotatable bonds is 6. The summed E-state index contributed by atoms with van der Waals surface area (Å²) in [5.74, 6) is -0.584. The third kappa shape index (κ3) is 5.46. The molecule has 4 rings (SSSR count). The van der Waals surface area contributed by atoms with E-state index < -0.39 is 10.0 Å². The van der Waals surface area contributed by atoms with E-state index in [0.29, 0.717) is 48.8 Å². The van der Waals surface area contributed by atoms with Gasteiger partial charge in [0, 0.05) is 35.6 Å². The number of anilines is 2. The van der Waals surface area contributed by atoms with Crippen molar-refractivity contribution in [2.75, 3.05) is 36.9 Å². The highest BCUT2D eigenvalue weighted by atomic mass is 32.2. The van der Waals surface area contributed by atoms with Crippen LogP contribution in [0, 0.1) is 0 Å². The quantitative estimate of drug-likeness (QED) is 0.582. The number of carbonyl (C=O) groups excluding carboxylic acids is 2. The first-order valence-corrected chi connectivity index (χ1v) is 11.8. The van der Waals surface area contributed by atoms with Crippen molar-refractivity contribution in [3.63, 3.8) is 0 Å². The lowest BCUT2D eigenvalue weighted by Gasteiger charge is -2.26. The number of hydrogen-bond acceptors (Lipinski definition) is 5. The number of nitrogens with one attached hydrogen (secondary N) is 2. The Kier molecular flexibility index (Phi) is 6.83. The largest absolute Gasteiger partial charge is 0.379 e. The van der Waals surface area contributed by atoms with E-state index in [0.717, 1.165) is 0 Å². The Labute approximate surface area is 192 Å². The molecule has 1 aliphatic heterocycles. The van der Waals surface area contributed by atoms with Gasteiger partial charge in [-0.2, -0.15) is 4.31 Å². The molecule has 8 nitrogen and oxygen atoms in total. The third-order valence-corrected chi connectivity index (χ3v) is 7.07. The van der Waals surface area contributed by atoms with Crippen LogP contribution in [0.4, 0.5) is 11.4 Å². The average Bonchev–Trinajstić information content (AvgIpc) is 2.86. The molecule has 9 heteroatoms. The summed E-state index contributed by atoms with van der Waals surface area (Å²) in [5.41, 5.74) is 1.98. The van der Waals surface area contributed by atoms with Crippen LogP contribution in [-0.4, -0.2) is 50.8 Å². The highest BCUT2D eigenvalue weighted by Gasteiger charge is 2.26. The SMILES string of the molecule is O=C(Nc1ccc(C(=O)Nc2ccc(S(=O)(=O)N3CCOCC3)cc2)cc1)c1ccccc1. The molecule has 3 aromatic rings. The molecule has 0 unspecified atom stereocenters. The fourth-order valence-electron chi connectivity index (χ4n) is 3.35. The monoisotopic (exact) mass is 465 g/mol. The molecular formula is C24H23N3O5S. The lowest BCUT2D eigenvalue weighted by molar-refractivity contribution is 0.0730. The Hall–Kier alpha value is -3.53. The first-order chi connectivity index (χ1) is 15.9. The van der Waals surface area contributed by atoms with Gasteiger partial charge in [-0.1, -0.05) is 18.2 Å².